The topological polar surface area (TPSA) is 46.9 Å². The lowest BCUT2D eigenvalue weighted by Crippen LogP contribution is -2.31. The summed E-state index contributed by atoms with van der Waals surface area (Å²) >= 11 is 6.35. The van der Waals surface area contributed by atoms with Crippen molar-refractivity contribution in [2.75, 3.05) is 0 Å². The van der Waals surface area contributed by atoms with Crippen LogP contribution in [0.3, 0.4) is 0 Å². The van der Waals surface area contributed by atoms with Gasteiger partial charge in [-0.05, 0) is 25.1 Å². The average Bonchev–Trinajstić information content (AvgIpc) is 2.99. The fourth-order valence-electron chi connectivity index (χ4n) is 2.65. The Kier molecular flexibility index (Phi) is 4.67. The zero-order valence-electron chi connectivity index (χ0n) is 13.5. The Balaban J connectivity index is 1.98. The van der Waals surface area contributed by atoms with E-state index in [1.54, 1.807) is 12.3 Å². The van der Waals surface area contributed by atoms with E-state index >= 15 is 0 Å². The average molecular weight is 340 g/mol. The number of nitrogens with zero attached hydrogens (tertiary/aromatic N) is 2. The van der Waals surface area contributed by atoms with Crippen LogP contribution in [0, 0.1) is 6.92 Å². The van der Waals surface area contributed by atoms with Crippen LogP contribution in [-0.2, 0) is 7.05 Å². The van der Waals surface area contributed by atoms with E-state index in [1.807, 2.05) is 67.2 Å². The van der Waals surface area contributed by atoms with Crippen LogP contribution in [0.2, 0.25) is 5.02 Å². The Morgan fingerprint density at radius 2 is 2.00 bits per heavy atom. The molecule has 0 bridgehead atoms. The van der Waals surface area contributed by atoms with Crippen molar-refractivity contribution in [2.45, 2.75) is 13.0 Å². The van der Waals surface area contributed by atoms with Gasteiger partial charge in [0.25, 0.3) is 5.91 Å². The van der Waals surface area contributed by atoms with E-state index in [2.05, 4.69) is 10.3 Å². The van der Waals surface area contributed by atoms with Crippen LogP contribution in [-0.4, -0.2) is 15.5 Å². The minimum Gasteiger partial charge on any atom is -0.338 e. The van der Waals surface area contributed by atoms with Crippen molar-refractivity contribution in [3.63, 3.8) is 0 Å². The van der Waals surface area contributed by atoms with Gasteiger partial charge >= 0.3 is 0 Å². The summed E-state index contributed by atoms with van der Waals surface area (Å²) in [6.45, 7) is 1.96. The molecule has 5 heteroatoms. The van der Waals surface area contributed by atoms with Crippen LogP contribution in [0.1, 0.15) is 33.4 Å². The number of carbonyl (C=O) groups excluding carboxylic acids is 1. The van der Waals surface area contributed by atoms with Gasteiger partial charge in [0.1, 0.15) is 11.9 Å². The first-order valence-electron chi connectivity index (χ1n) is 7.65. The predicted octanol–water partition coefficient (Wildman–Crippen LogP) is 3.90. The van der Waals surface area contributed by atoms with Gasteiger partial charge in [-0.3, -0.25) is 4.79 Å². The van der Waals surface area contributed by atoms with Crippen LogP contribution < -0.4 is 5.32 Å². The number of carbonyl (C=O) groups is 1. The highest BCUT2D eigenvalue weighted by Gasteiger charge is 2.23. The van der Waals surface area contributed by atoms with Crippen molar-refractivity contribution in [3.05, 3.63) is 88.5 Å². The molecule has 0 radical (unpaired) electrons. The number of nitrogens with one attached hydrogen (secondary N) is 1. The van der Waals surface area contributed by atoms with Gasteiger partial charge in [0.2, 0.25) is 0 Å². The summed E-state index contributed by atoms with van der Waals surface area (Å²) in [5.74, 6) is 0.565. The van der Waals surface area contributed by atoms with Gasteiger partial charge in [-0.25, -0.2) is 4.98 Å². The third-order valence-corrected chi connectivity index (χ3v) is 4.23. The van der Waals surface area contributed by atoms with Crippen molar-refractivity contribution in [1.82, 2.24) is 14.9 Å². The predicted molar refractivity (Wildman–Crippen MR) is 95.1 cm³/mol. The van der Waals surface area contributed by atoms with Gasteiger partial charge in [-0.1, -0.05) is 47.5 Å². The van der Waals surface area contributed by atoms with Crippen molar-refractivity contribution in [3.8, 4) is 0 Å². The molecule has 1 atom stereocenters. The fraction of sp³-hybridized carbons (Fsp3) is 0.158. The monoisotopic (exact) mass is 339 g/mol. The molecule has 0 saturated heterocycles. The lowest BCUT2D eigenvalue weighted by molar-refractivity contribution is 0.0941. The second kappa shape index (κ2) is 6.89. The van der Waals surface area contributed by atoms with Crippen LogP contribution >= 0.6 is 11.6 Å². The highest BCUT2D eigenvalue weighted by molar-refractivity contribution is 6.31. The standard InChI is InChI=1S/C19H18ClN3O/c1-13-6-5-7-14(12-13)19(24)22-17(18-21-10-11-23(18)2)15-8-3-4-9-16(15)20/h3-12,17H,1-2H3,(H,22,24). The molecule has 0 aliphatic rings. The molecular formula is C19H18ClN3O. The Morgan fingerprint density at radius 1 is 1.21 bits per heavy atom. The van der Waals surface area contributed by atoms with Crippen molar-refractivity contribution in [2.24, 2.45) is 7.05 Å². The second-order valence-corrected chi connectivity index (χ2v) is 6.10. The van der Waals surface area contributed by atoms with Crippen LogP contribution in [0.25, 0.3) is 0 Å². The molecule has 1 unspecified atom stereocenters. The molecule has 3 rings (SSSR count). The fourth-order valence-corrected chi connectivity index (χ4v) is 2.89. The molecule has 0 saturated carbocycles. The van der Waals surface area contributed by atoms with Crippen molar-refractivity contribution in [1.29, 1.82) is 0 Å². The van der Waals surface area contributed by atoms with E-state index in [9.17, 15) is 4.79 Å². The van der Waals surface area contributed by atoms with E-state index < -0.39 is 6.04 Å². The first kappa shape index (κ1) is 16.3. The summed E-state index contributed by atoms with van der Waals surface area (Å²) in [6.07, 6.45) is 3.55. The number of benzene rings is 2. The summed E-state index contributed by atoms with van der Waals surface area (Å²) < 4.78 is 1.88. The van der Waals surface area contributed by atoms with E-state index in [0.29, 0.717) is 10.6 Å². The molecule has 0 aliphatic heterocycles. The molecule has 1 N–H and O–H groups in total. The number of rotatable bonds is 4. The third kappa shape index (κ3) is 3.34. The summed E-state index contributed by atoms with van der Waals surface area (Å²) in [5.41, 5.74) is 2.46. The third-order valence-electron chi connectivity index (χ3n) is 3.89. The molecule has 24 heavy (non-hydrogen) atoms. The highest BCUT2D eigenvalue weighted by atomic mass is 35.5. The van der Waals surface area contributed by atoms with Crippen LogP contribution in [0.5, 0.6) is 0 Å². The van der Waals surface area contributed by atoms with Gasteiger partial charge in [-0.15, -0.1) is 0 Å². The summed E-state index contributed by atoms with van der Waals surface area (Å²) in [5, 5.41) is 3.65. The summed E-state index contributed by atoms with van der Waals surface area (Å²) in [4.78, 5) is 17.1. The Hall–Kier alpha value is -2.59. The lowest BCUT2D eigenvalue weighted by Gasteiger charge is -2.20. The molecule has 1 aromatic heterocycles. The Labute approximate surface area is 146 Å². The lowest BCUT2D eigenvalue weighted by atomic mass is 10.0. The number of halogens is 1. The maximum Gasteiger partial charge on any atom is 0.252 e. The molecular weight excluding hydrogens is 322 g/mol. The van der Waals surface area contributed by atoms with Gasteiger partial charge in [0.05, 0.1) is 0 Å². The quantitative estimate of drug-likeness (QED) is 0.783. The SMILES string of the molecule is Cc1cccc(C(=O)NC(c2ccccc2Cl)c2nccn2C)c1. The number of hydrogen-bond acceptors (Lipinski definition) is 2. The minimum atomic E-state index is -0.424. The Bertz CT molecular complexity index is 872. The van der Waals surface area contributed by atoms with Gasteiger partial charge < -0.3 is 9.88 Å². The van der Waals surface area contributed by atoms with E-state index in [1.165, 1.54) is 0 Å². The number of aryl methyl sites for hydroxylation is 2. The zero-order chi connectivity index (χ0) is 17.1. The number of imidazole rings is 1. The smallest absolute Gasteiger partial charge is 0.252 e. The molecule has 122 valence electrons. The zero-order valence-corrected chi connectivity index (χ0v) is 14.3. The van der Waals surface area contributed by atoms with Gasteiger partial charge in [-0.2, -0.15) is 0 Å². The first-order chi connectivity index (χ1) is 11.6. The van der Waals surface area contributed by atoms with Gasteiger partial charge in [0.15, 0.2) is 0 Å². The molecule has 2 aromatic carbocycles. The number of amides is 1. The van der Waals surface area contributed by atoms with Crippen molar-refractivity contribution >= 4 is 17.5 Å². The number of aromatic nitrogens is 2. The highest BCUT2D eigenvalue weighted by Crippen LogP contribution is 2.27. The molecule has 1 heterocycles. The minimum absolute atomic E-state index is 0.161. The van der Waals surface area contributed by atoms with E-state index in [0.717, 1.165) is 17.0 Å². The normalized spacial score (nSPS) is 12.0. The summed E-state index contributed by atoms with van der Waals surface area (Å²) in [6, 6.07) is 14.5. The maximum atomic E-state index is 12.7. The van der Waals surface area contributed by atoms with E-state index in [-0.39, 0.29) is 5.91 Å². The molecule has 0 spiro atoms. The first-order valence-corrected chi connectivity index (χ1v) is 8.03. The van der Waals surface area contributed by atoms with Crippen molar-refractivity contribution < 1.29 is 4.79 Å². The molecule has 1 amide bonds. The maximum absolute atomic E-state index is 12.7. The van der Waals surface area contributed by atoms with Crippen LogP contribution in [0.15, 0.2) is 60.9 Å². The van der Waals surface area contributed by atoms with Crippen LogP contribution in [0.4, 0.5) is 0 Å². The number of hydrogen-bond donors (Lipinski definition) is 1. The van der Waals surface area contributed by atoms with E-state index in [4.69, 9.17) is 11.6 Å². The second-order valence-electron chi connectivity index (χ2n) is 5.69. The molecule has 4 nitrogen and oxygen atoms in total. The van der Waals surface area contributed by atoms with Gasteiger partial charge in [0, 0.05) is 35.6 Å². The largest absolute Gasteiger partial charge is 0.338 e. The molecule has 3 aromatic rings. The Morgan fingerprint density at radius 3 is 2.67 bits per heavy atom. The molecule has 0 aliphatic carbocycles. The summed E-state index contributed by atoms with van der Waals surface area (Å²) in [7, 11) is 1.89. The molecule has 0 fully saturated rings.